The van der Waals surface area contributed by atoms with Gasteiger partial charge in [0.05, 0.1) is 0 Å². The average Bonchev–Trinajstić information content (AvgIpc) is 3.09. The van der Waals surface area contributed by atoms with Crippen molar-refractivity contribution >= 4 is 59.9 Å². The van der Waals surface area contributed by atoms with Crippen LogP contribution in [0.2, 0.25) is 0 Å². The number of carbonyl (C=O) groups is 6. The molecular weight excluding hydrogens is 765 g/mol. The van der Waals surface area contributed by atoms with Crippen LogP contribution >= 0.6 is 24.2 Å². The molecule has 54 heavy (non-hydrogen) atoms. The second kappa shape index (κ2) is 19.3. The number of aliphatic carboxylic acids is 3. The fourth-order valence-electron chi connectivity index (χ4n) is 4.75. The summed E-state index contributed by atoms with van der Waals surface area (Å²) in [5.41, 5.74) is 1.89. The van der Waals surface area contributed by atoms with E-state index in [0.717, 1.165) is 0 Å². The minimum atomic E-state index is -1.93. The Hall–Kier alpha value is -5.82. The lowest BCUT2D eigenvalue weighted by Gasteiger charge is -2.13. The molecule has 1 heterocycles. The molecule has 0 radical (unpaired) electrons. The largest absolute Gasteiger partial charge is 0.682 e. The van der Waals surface area contributed by atoms with E-state index in [0.29, 0.717) is 33.9 Å². The predicted molar refractivity (Wildman–Crippen MR) is 195 cm³/mol. The van der Waals surface area contributed by atoms with Crippen LogP contribution in [0.4, 0.5) is 0 Å². The van der Waals surface area contributed by atoms with Crippen LogP contribution in [0.1, 0.15) is 37.5 Å². The zero-order valence-electron chi connectivity index (χ0n) is 29.0. The smallest absolute Gasteiger partial charge is 0.480 e. The average molecular weight is 802 g/mol. The van der Waals surface area contributed by atoms with E-state index in [9.17, 15) is 44.1 Å². The third-order valence-electron chi connectivity index (χ3n) is 7.14. The first-order valence-corrected chi connectivity index (χ1v) is 19.5. The second-order valence-corrected chi connectivity index (χ2v) is 15.8. The number of amides is 3. The molecule has 0 fully saturated rings. The number of nitrogens with zero attached hydrogens (tertiary/aromatic N) is 3. The van der Waals surface area contributed by atoms with Gasteiger partial charge in [-0.25, -0.2) is 28.0 Å². The molecule has 0 aliphatic carbocycles. The van der Waals surface area contributed by atoms with Gasteiger partial charge in [0, 0.05) is 40.0 Å². The number of carboxylic acids is 3. The van der Waals surface area contributed by atoms with Crippen LogP contribution in [0.5, 0.6) is 17.2 Å². The summed E-state index contributed by atoms with van der Waals surface area (Å²) in [4.78, 5) is 69.0. The topological polar surface area (TPSA) is 266 Å². The van der Waals surface area contributed by atoms with E-state index in [1.54, 1.807) is 72.8 Å². The van der Waals surface area contributed by atoms with Gasteiger partial charge in [-0.3, -0.25) is 14.4 Å². The molecule has 282 valence electrons. The van der Waals surface area contributed by atoms with Gasteiger partial charge < -0.3 is 31.3 Å². The van der Waals surface area contributed by atoms with Gasteiger partial charge in [0.2, 0.25) is 17.7 Å². The molecule has 3 amide bonds. The van der Waals surface area contributed by atoms with Crippen molar-refractivity contribution in [2.24, 2.45) is 0 Å². The highest BCUT2D eigenvalue weighted by molar-refractivity contribution is 7.58. The van der Waals surface area contributed by atoms with Crippen LogP contribution in [0.3, 0.4) is 0 Å². The van der Waals surface area contributed by atoms with Crippen molar-refractivity contribution in [1.29, 1.82) is 0 Å². The maximum atomic E-state index is 11.6. The Bertz CT molecular complexity index is 1760. The summed E-state index contributed by atoms with van der Waals surface area (Å²) in [6.45, 7) is 3.71. The molecule has 0 spiro atoms. The van der Waals surface area contributed by atoms with Crippen LogP contribution < -0.4 is 29.5 Å². The van der Waals surface area contributed by atoms with Crippen LogP contribution in [-0.2, 0) is 48.0 Å². The summed E-state index contributed by atoms with van der Waals surface area (Å²) in [6.07, 6.45) is 0.131. The highest BCUT2D eigenvalue weighted by Crippen LogP contribution is 2.40. The molecule has 3 atom stereocenters. The van der Waals surface area contributed by atoms with Gasteiger partial charge in [-0.2, -0.15) is 0 Å². The third-order valence-corrected chi connectivity index (χ3v) is 11.9. The van der Waals surface area contributed by atoms with Gasteiger partial charge in [0.1, 0.15) is 18.1 Å². The van der Waals surface area contributed by atoms with Crippen LogP contribution in [0.15, 0.2) is 72.8 Å². The van der Waals surface area contributed by atoms with E-state index in [-0.39, 0.29) is 19.3 Å². The van der Waals surface area contributed by atoms with Gasteiger partial charge in [0.15, 0.2) is 17.2 Å². The van der Waals surface area contributed by atoms with Crippen molar-refractivity contribution in [3.8, 4) is 17.2 Å². The lowest BCUT2D eigenvalue weighted by atomic mass is 10.1. The molecule has 0 aliphatic heterocycles. The molecule has 4 rings (SSSR count). The molecule has 18 nitrogen and oxygen atoms in total. The predicted octanol–water partition coefficient (Wildman–Crippen LogP) is 3.60. The van der Waals surface area contributed by atoms with E-state index in [1.807, 2.05) is 0 Å². The monoisotopic (exact) mass is 801 g/mol. The molecule has 6 N–H and O–H groups in total. The van der Waals surface area contributed by atoms with Crippen LogP contribution in [-0.4, -0.2) is 82.6 Å². The first kappa shape index (κ1) is 40.9. The number of hydrogen-bond acceptors (Lipinski definition) is 12. The van der Waals surface area contributed by atoms with E-state index < -0.39 is 78.0 Å². The van der Waals surface area contributed by atoms with Crippen LogP contribution in [0, 0.1) is 0 Å². The Morgan fingerprint density at radius 1 is 0.481 bits per heavy atom. The Balaban J connectivity index is 1.56. The summed E-state index contributed by atoms with van der Waals surface area (Å²) in [6, 6.07) is 16.3. The quantitative estimate of drug-likeness (QED) is 0.0840. The first-order chi connectivity index (χ1) is 25.6. The first-order valence-electron chi connectivity index (χ1n) is 16.0. The summed E-state index contributed by atoms with van der Waals surface area (Å²) in [5.74, 6) is -3.84. The maximum Gasteiger partial charge on any atom is 0.682 e. The number of carbonyl (C=O) groups excluding carboxylic acids is 3. The van der Waals surface area contributed by atoms with Crippen molar-refractivity contribution in [3.05, 3.63) is 89.5 Å². The molecule has 1 aromatic heterocycles. The van der Waals surface area contributed by atoms with E-state index in [4.69, 9.17) is 13.6 Å². The molecule has 0 saturated heterocycles. The number of benzene rings is 3. The van der Waals surface area contributed by atoms with Gasteiger partial charge in [-0.15, -0.1) is 0 Å². The van der Waals surface area contributed by atoms with Gasteiger partial charge >= 0.3 is 42.1 Å². The lowest BCUT2D eigenvalue weighted by molar-refractivity contribution is -0.141. The second-order valence-electron chi connectivity index (χ2n) is 11.6. The normalized spacial score (nSPS) is 13.3. The number of carboxylic acid groups (broad SMARTS) is 3. The minimum Gasteiger partial charge on any atom is -0.480 e. The highest BCUT2D eigenvalue weighted by atomic mass is 31.2. The van der Waals surface area contributed by atoms with Gasteiger partial charge in [0.25, 0.3) is 13.5 Å². The van der Waals surface area contributed by atoms with Crippen molar-refractivity contribution < 1.29 is 57.7 Å². The molecule has 0 bridgehead atoms. The number of nitrogens with one attached hydrogen (secondary N) is 3. The standard InChI is InChI=1S/C33H33N6O12P3/c1-19(40)34-28(31(43)44)16-22-4-10-25(11-5-22)49-52-37-53(50-26-12-6-23(7-13-26)17-29(32(45)46)35-20(2)41)39-54(38-52)51-27-14-8-24(9-15-27)18-30(33(47)48)36-21(3)42/h4-15,28-30H,16-18H2,1-3H3,(H3-3,34,35,36,40,41,42,43,44,45,46,47,48)/p+3. The maximum absolute atomic E-state index is 11.6. The van der Waals surface area contributed by atoms with Crippen LogP contribution in [0.25, 0.3) is 0 Å². The molecule has 3 aromatic carbocycles. The summed E-state index contributed by atoms with van der Waals surface area (Å²) >= 11 is 0. The van der Waals surface area contributed by atoms with Crippen molar-refractivity contribution in [3.63, 3.8) is 0 Å². The van der Waals surface area contributed by atoms with E-state index in [2.05, 4.69) is 29.5 Å². The molecule has 21 heteroatoms. The lowest BCUT2D eigenvalue weighted by Crippen LogP contribution is -2.41. The molecule has 0 aliphatic rings. The fourth-order valence-corrected chi connectivity index (χ4v) is 9.52. The zero-order chi connectivity index (χ0) is 39.4. The third kappa shape index (κ3) is 13.3. The Kier molecular flexibility index (Phi) is 14.6. The fraction of sp³-hybridized carbons (Fsp3) is 0.273. The van der Waals surface area contributed by atoms with E-state index in [1.165, 1.54) is 20.8 Å². The number of rotatable bonds is 18. The summed E-state index contributed by atoms with van der Waals surface area (Å²) < 4.78 is 31.9. The number of aromatic nitrogens is 3. The Labute approximate surface area is 311 Å². The van der Waals surface area contributed by atoms with Crippen molar-refractivity contribution in [2.75, 3.05) is 0 Å². The SMILES string of the molecule is CC(=O)NC(Cc1ccc(O[p+]2n[p+](Oc3ccc(CC(NC(C)=O)C(=O)O)cc3)n[p+](Oc3ccc(CC(NC(C)=O)C(=O)O)cc3)n2)cc1)C(=O)O. The Morgan fingerprint density at radius 2 is 0.704 bits per heavy atom. The summed E-state index contributed by atoms with van der Waals surface area (Å²) in [5, 5.41) is 35.5. The minimum absolute atomic E-state index is 0.0435. The van der Waals surface area contributed by atoms with Gasteiger partial charge in [-0.05, 0) is 53.1 Å². The molecule has 3 unspecified atom stereocenters. The number of hydrogen-bond donors (Lipinski definition) is 6. The van der Waals surface area contributed by atoms with Crippen molar-refractivity contribution in [2.45, 2.75) is 58.2 Å². The molecule has 0 saturated carbocycles. The Morgan fingerprint density at radius 3 is 0.889 bits per heavy atom. The molecular formula is C33H36N6O12P3+3. The van der Waals surface area contributed by atoms with Crippen molar-refractivity contribution in [1.82, 2.24) is 29.5 Å². The molecule has 4 aromatic rings. The van der Waals surface area contributed by atoms with E-state index >= 15 is 0 Å². The highest BCUT2D eigenvalue weighted by Gasteiger charge is 2.43. The summed E-state index contributed by atoms with van der Waals surface area (Å²) in [7, 11) is -5.80. The van der Waals surface area contributed by atoms with Gasteiger partial charge in [-0.1, -0.05) is 36.4 Å². The zero-order valence-corrected chi connectivity index (χ0v) is 31.7.